The number of aromatic hydroxyl groups is 1. The maximum Gasteiger partial charge on any atom is 0.337 e. The Balaban J connectivity index is 1.71. The van der Waals surface area contributed by atoms with Crippen molar-refractivity contribution in [2.24, 2.45) is 17.6 Å². The monoisotopic (exact) mass is 548 g/mol. The van der Waals surface area contributed by atoms with Crippen LogP contribution in [-0.4, -0.2) is 70.7 Å². The van der Waals surface area contributed by atoms with Crippen LogP contribution in [0.25, 0.3) is 16.9 Å². The van der Waals surface area contributed by atoms with E-state index in [4.69, 9.17) is 10.5 Å². The summed E-state index contributed by atoms with van der Waals surface area (Å²) < 4.78 is 4.73. The van der Waals surface area contributed by atoms with Crippen LogP contribution in [0.1, 0.15) is 34.3 Å². The van der Waals surface area contributed by atoms with Crippen molar-refractivity contribution >= 4 is 34.9 Å². The predicted octanol–water partition coefficient (Wildman–Crippen LogP) is 1.94. The van der Waals surface area contributed by atoms with Crippen LogP contribution in [0.4, 0.5) is 5.69 Å². The highest BCUT2D eigenvalue weighted by Crippen LogP contribution is 2.54. The van der Waals surface area contributed by atoms with Gasteiger partial charge >= 0.3 is 5.97 Å². The van der Waals surface area contributed by atoms with Gasteiger partial charge in [-0.15, -0.1) is 0 Å². The lowest BCUT2D eigenvalue weighted by Crippen LogP contribution is -2.58. The van der Waals surface area contributed by atoms with Gasteiger partial charge in [-0.3, -0.25) is 14.4 Å². The molecule has 0 bridgehead atoms. The standard InChI is InChI=1S/C29H28N2O9/c1-31(2)18-11-16(12-4-6-13(7-5-12)28(38)40-3)23(33)21-17(18)9-14-8-15-10-19(32)22(27(30)37)26(36)29(15,39)25(35)20(14)24(21)34/h4-7,11,14-15,33-34,36,39H,8-10H2,1-3H3,(H2,30,37)/t14-,15+,29+/m1/s1. The first-order valence-corrected chi connectivity index (χ1v) is 12.5. The number of primary amides is 1. The van der Waals surface area contributed by atoms with E-state index >= 15 is 0 Å². The molecule has 1 amide bonds. The number of Topliss-reactive ketones (excluding diaryl/α,β-unsaturated/α-hetero) is 2. The number of phenols is 1. The number of methoxy groups -OCH3 is 1. The van der Waals surface area contributed by atoms with Crippen LogP contribution in [0.5, 0.6) is 5.75 Å². The lowest BCUT2D eigenvalue weighted by atomic mass is 9.59. The summed E-state index contributed by atoms with van der Waals surface area (Å²) in [6.07, 6.45) is -0.140. The summed E-state index contributed by atoms with van der Waals surface area (Å²) in [6, 6.07) is 8.00. The Bertz CT molecular complexity index is 1570. The smallest absolute Gasteiger partial charge is 0.337 e. The zero-order valence-corrected chi connectivity index (χ0v) is 22.0. The Labute approximate surface area is 228 Å². The third-order valence-corrected chi connectivity index (χ3v) is 8.14. The Morgan fingerprint density at radius 2 is 1.73 bits per heavy atom. The molecule has 0 saturated heterocycles. The Hall–Kier alpha value is -4.64. The van der Waals surface area contributed by atoms with Gasteiger partial charge in [0.05, 0.1) is 18.2 Å². The predicted molar refractivity (Wildman–Crippen MR) is 142 cm³/mol. The summed E-state index contributed by atoms with van der Waals surface area (Å²) in [5.41, 5.74) is 3.89. The number of benzene rings is 2. The molecule has 0 radical (unpaired) electrons. The fraction of sp³-hybridized carbons (Fsp3) is 0.310. The largest absolute Gasteiger partial charge is 0.508 e. The number of aliphatic hydroxyl groups excluding tert-OH is 2. The molecule has 0 heterocycles. The van der Waals surface area contributed by atoms with E-state index in [0.717, 1.165) is 0 Å². The molecule has 3 aliphatic carbocycles. The molecule has 3 atom stereocenters. The number of nitrogens with two attached hydrogens (primary N) is 1. The lowest BCUT2D eigenvalue weighted by Gasteiger charge is -2.46. The molecule has 0 unspecified atom stereocenters. The third kappa shape index (κ3) is 3.69. The zero-order valence-electron chi connectivity index (χ0n) is 22.0. The van der Waals surface area contributed by atoms with E-state index < -0.39 is 58.0 Å². The van der Waals surface area contributed by atoms with Crippen LogP contribution in [0.15, 0.2) is 47.2 Å². The summed E-state index contributed by atoms with van der Waals surface area (Å²) in [6.45, 7) is 0. The minimum atomic E-state index is -2.63. The molecule has 11 heteroatoms. The number of rotatable bonds is 4. The van der Waals surface area contributed by atoms with Gasteiger partial charge < -0.3 is 35.8 Å². The van der Waals surface area contributed by atoms with Crippen LogP contribution in [0.2, 0.25) is 0 Å². The molecule has 2 aromatic carbocycles. The van der Waals surface area contributed by atoms with Crippen molar-refractivity contribution in [3.63, 3.8) is 0 Å². The van der Waals surface area contributed by atoms with Crippen molar-refractivity contribution in [2.45, 2.75) is 24.9 Å². The quantitative estimate of drug-likeness (QED) is 0.279. The summed E-state index contributed by atoms with van der Waals surface area (Å²) in [4.78, 5) is 51.8. The van der Waals surface area contributed by atoms with Gasteiger partial charge in [0.2, 0.25) is 5.78 Å². The second-order valence-corrected chi connectivity index (χ2v) is 10.5. The number of anilines is 1. The number of nitrogens with zero attached hydrogens (tertiary/aromatic N) is 1. The van der Waals surface area contributed by atoms with E-state index in [9.17, 15) is 39.6 Å². The van der Waals surface area contributed by atoms with Gasteiger partial charge in [-0.1, -0.05) is 12.1 Å². The number of fused-ring (bicyclic) bond motifs is 3. The highest BCUT2D eigenvalue weighted by Gasteiger charge is 2.60. The molecule has 3 aliphatic rings. The van der Waals surface area contributed by atoms with Crippen molar-refractivity contribution in [2.75, 3.05) is 26.1 Å². The number of amides is 1. The number of phenolic OH excluding ortho intramolecular Hbond substituents is 1. The molecule has 0 aromatic heterocycles. The number of carbonyl (C=O) groups excluding carboxylic acids is 4. The molecule has 2 aromatic rings. The number of carbonyl (C=O) groups is 4. The van der Waals surface area contributed by atoms with Gasteiger partial charge in [-0.2, -0.15) is 0 Å². The summed E-state index contributed by atoms with van der Waals surface area (Å²) in [5.74, 6) is -7.31. The van der Waals surface area contributed by atoms with Crippen LogP contribution < -0.4 is 10.6 Å². The van der Waals surface area contributed by atoms with E-state index in [1.165, 1.54) is 19.2 Å². The summed E-state index contributed by atoms with van der Waals surface area (Å²) >= 11 is 0. The van der Waals surface area contributed by atoms with Gasteiger partial charge in [-0.05, 0) is 48.1 Å². The van der Waals surface area contributed by atoms with Crippen molar-refractivity contribution in [1.29, 1.82) is 0 Å². The topological polar surface area (TPSA) is 188 Å². The Kier molecular flexibility index (Phi) is 6.22. The molecule has 6 N–H and O–H groups in total. The molecule has 0 aliphatic heterocycles. The summed E-state index contributed by atoms with van der Waals surface area (Å²) in [5, 5.41) is 45.1. The first-order valence-electron chi connectivity index (χ1n) is 12.5. The molecule has 1 saturated carbocycles. The normalized spacial score (nSPS) is 23.8. The number of ether oxygens (including phenoxy) is 1. The second-order valence-electron chi connectivity index (χ2n) is 10.5. The van der Waals surface area contributed by atoms with Crippen LogP contribution >= 0.6 is 0 Å². The van der Waals surface area contributed by atoms with Crippen LogP contribution in [0.3, 0.4) is 0 Å². The third-order valence-electron chi connectivity index (χ3n) is 8.14. The van der Waals surface area contributed by atoms with Crippen molar-refractivity contribution in [3.8, 4) is 16.9 Å². The van der Waals surface area contributed by atoms with Gasteiger partial charge in [-0.25, -0.2) is 4.79 Å². The average molecular weight is 549 g/mol. The first-order chi connectivity index (χ1) is 18.8. The fourth-order valence-corrected chi connectivity index (χ4v) is 6.19. The van der Waals surface area contributed by atoms with E-state index in [2.05, 4.69) is 0 Å². The molecular weight excluding hydrogens is 520 g/mol. The number of hydrogen-bond acceptors (Lipinski definition) is 10. The number of esters is 1. The van der Waals surface area contributed by atoms with Crippen LogP contribution in [-0.2, 0) is 25.5 Å². The lowest BCUT2D eigenvalue weighted by molar-refractivity contribution is -0.147. The Morgan fingerprint density at radius 3 is 2.30 bits per heavy atom. The highest BCUT2D eigenvalue weighted by atomic mass is 16.5. The number of ketones is 2. The Morgan fingerprint density at radius 1 is 1.07 bits per heavy atom. The minimum absolute atomic E-state index is 0.00891. The van der Waals surface area contributed by atoms with Crippen molar-refractivity contribution in [3.05, 3.63) is 63.9 Å². The molecule has 40 heavy (non-hydrogen) atoms. The van der Waals surface area contributed by atoms with E-state index in [-0.39, 0.29) is 36.1 Å². The molecular formula is C29H28N2O9. The first kappa shape index (κ1) is 26.9. The highest BCUT2D eigenvalue weighted by molar-refractivity contribution is 6.22. The summed E-state index contributed by atoms with van der Waals surface area (Å²) in [7, 11) is 4.83. The van der Waals surface area contributed by atoms with Gasteiger partial charge in [0, 0.05) is 43.3 Å². The molecule has 0 spiro atoms. The van der Waals surface area contributed by atoms with Crippen molar-refractivity contribution < 1.29 is 44.3 Å². The van der Waals surface area contributed by atoms with Crippen LogP contribution in [0, 0.1) is 11.8 Å². The van der Waals surface area contributed by atoms with Crippen molar-refractivity contribution in [1.82, 2.24) is 0 Å². The number of hydrogen-bond donors (Lipinski definition) is 5. The van der Waals surface area contributed by atoms with Gasteiger partial charge in [0.15, 0.2) is 11.4 Å². The van der Waals surface area contributed by atoms with Gasteiger partial charge in [0.1, 0.15) is 22.8 Å². The maximum absolute atomic E-state index is 13.8. The molecule has 1 fully saturated rings. The van der Waals surface area contributed by atoms with Gasteiger partial charge in [0.25, 0.3) is 5.91 Å². The molecule has 208 valence electrons. The van der Waals surface area contributed by atoms with E-state index in [0.29, 0.717) is 27.9 Å². The second kappa shape index (κ2) is 9.23. The SMILES string of the molecule is COC(=O)c1ccc(-c2cc(N(C)C)c3c(c2O)C(O)=C2C(=O)[C@]4(O)C(O)=C(C(N)=O)C(=O)C[C@@H]4C[C@@H]2C3)cc1. The fourth-order valence-electron chi connectivity index (χ4n) is 6.19. The minimum Gasteiger partial charge on any atom is -0.508 e. The van der Waals surface area contributed by atoms with E-state index in [1.54, 1.807) is 37.2 Å². The maximum atomic E-state index is 13.8. The van der Waals surface area contributed by atoms with E-state index in [1.807, 2.05) is 0 Å². The average Bonchev–Trinajstić information content (AvgIpc) is 2.90. The zero-order chi connectivity index (χ0) is 29.3. The molecule has 5 rings (SSSR count). The molecule has 11 nitrogen and oxygen atoms in total. The number of aliphatic hydroxyl groups is 3.